The van der Waals surface area contributed by atoms with Gasteiger partial charge in [0.2, 0.25) is 0 Å². The van der Waals surface area contributed by atoms with E-state index >= 15 is 0 Å². The van der Waals surface area contributed by atoms with Crippen molar-refractivity contribution < 1.29 is 0 Å². The van der Waals surface area contributed by atoms with Gasteiger partial charge in [0.25, 0.3) is 0 Å². The molecule has 2 aromatic rings. The Hall–Kier alpha value is -1.89. The van der Waals surface area contributed by atoms with E-state index < -0.39 is 0 Å². The lowest BCUT2D eigenvalue weighted by atomic mass is 10.1. The predicted molar refractivity (Wildman–Crippen MR) is 78.2 cm³/mol. The fraction of sp³-hybridized carbons (Fsp3) is 0.235. The molecule has 0 N–H and O–H groups in total. The Morgan fingerprint density at radius 1 is 1.00 bits per heavy atom. The molecule has 0 spiro atoms. The second kappa shape index (κ2) is 6.15. The molecule has 92 valence electrons. The molecule has 1 aliphatic rings. The van der Waals surface area contributed by atoms with Gasteiger partial charge in [0.1, 0.15) is 0 Å². The minimum atomic E-state index is 1.15. The molecule has 0 saturated carbocycles. The van der Waals surface area contributed by atoms with Crippen molar-refractivity contribution in [3.63, 3.8) is 0 Å². The van der Waals surface area contributed by atoms with E-state index in [2.05, 4.69) is 41.4 Å². The summed E-state index contributed by atoms with van der Waals surface area (Å²) in [7, 11) is 0. The average molecular weight is 237 g/mol. The lowest BCUT2D eigenvalue weighted by Crippen LogP contribution is -1.80. The third-order valence-electron chi connectivity index (χ3n) is 3.05. The highest BCUT2D eigenvalue weighted by Crippen LogP contribution is 2.33. The Morgan fingerprint density at radius 3 is 2.61 bits per heavy atom. The minimum Gasteiger partial charge on any atom is -0.264 e. The van der Waals surface area contributed by atoms with E-state index in [1.54, 1.807) is 0 Å². The molecule has 1 aromatic heterocycles. The van der Waals surface area contributed by atoms with Crippen molar-refractivity contribution in [3.05, 3.63) is 65.5 Å². The van der Waals surface area contributed by atoms with Gasteiger partial charge in [0.15, 0.2) is 0 Å². The lowest BCUT2D eigenvalue weighted by Gasteiger charge is -2.00. The van der Waals surface area contributed by atoms with Crippen LogP contribution < -0.4 is 0 Å². The number of hydrogen-bond donors (Lipinski definition) is 0. The molecule has 0 aliphatic heterocycles. The Labute approximate surface area is 109 Å². The van der Waals surface area contributed by atoms with Crippen molar-refractivity contribution in [1.82, 2.24) is 4.98 Å². The van der Waals surface area contributed by atoms with Gasteiger partial charge in [0, 0.05) is 12.4 Å². The van der Waals surface area contributed by atoms with E-state index in [1.165, 1.54) is 28.7 Å². The number of aromatic nitrogens is 1. The van der Waals surface area contributed by atoms with Gasteiger partial charge in [0.05, 0.1) is 0 Å². The van der Waals surface area contributed by atoms with Crippen molar-refractivity contribution in [3.8, 4) is 0 Å². The van der Waals surface area contributed by atoms with Crippen molar-refractivity contribution >= 4 is 11.6 Å². The van der Waals surface area contributed by atoms with Crippen molar-refractivity contribution in [2.45, 2.75) is 26.7 Å². The summed E-state index contributed by atoms with van der Waals surface area (Å²) in [5.41, 5.74) is 5.50. The normalized spacial score (nSPS) is 14.9. The van der Waals surface area contributed by atoms with Crippen LogP contribution in [0.3, 0.4) is 0 Å². The fourth-order valence-electron chi connectivity index (χ4n) is 2.27. The lowest BCUT2D eigenvalue weighted by molar-refractivity contribution is 1.08. The second-order valence-electron chi connectivity index (χ2n) is 4.11. The van der Waals surface area contributed by atoms with E-state index in [0.717, 1.165) is 6.42 Å². The molecule has 0 radical (unpaired) electrons. The maximum atomic E-state index is 4.14. The number of allylic oxidation sites excluding steroid dienone is 1. The number of pyridine rings is 1. The van der Waals surface area contributed by atoms with Crippen molar-refractivity contribution in [1.29, 1.82) is 0 Å². The molecule has 1 aromatic carbocycles. The van der Waals surface area contributed by atoms with Gasteiger partial charge in [-0.25, -0.2) is 0 Å². The van der Waals surface area contributed by atoms with Gasteiger partial charge in [-0.2, -0.15) is 0 Å². The highest BCUT2D eigenvalue weighted by atomic mass is 14.6. The van der Waals surface area contributed by atoms with Crippen LogP contribution >= 0.6 is 0 Å². The van der Waals surface area contributed by atoms with Crippen LogP contribution in [-0.2, 0) is 6.42 Å². The second-order valence-corrected chi connectivity index (χ2v) is 4.11. The molecule has 1 aliphatic carbocycles. The Bertz CT molecular complexity index is 526. The number of rotatable bonds is 1. The predicted octanol–water partition coefficient (Wildman–Crippen LogP) is 4.59. The highest BCUT2D eigenvalue weighted by molar-refractivity contribution is 5.85. The molecule has 0 amide bonds. The summed E-state index contributed by atoms with van der Waals surface area (Å²) in [4.78, 5) is 4.14. The number of benzene rings is 1. The first kappa shape index (κ1) is 12.6. The minimum absolute atomic E-state index is 1.15. The molecule has 1 heterocycles. The third-order valence-corrected chi connectivity index (χ3v) is 3.05. The summed E-state index contributed by atoms with van der Waals surface area (Å²) in [5, 5.41) is 0. The fourth-order valence-corrected chi connectivity index (χ4v) is 2.27. The van der Waals surface area contributed by atoms with Gasteiger partial charge < -0.3 is 0 Å². The maximum Gasteiger partial charge on any atom is 0.0340 e. The van der Waals surface area contributed by atoms with E-state index in [4.69, 9.17) is 0 Å². The van der Waals surface area contributed by atoms with E-state index in [1.807, 2.05) is 32.3 Å². The summed E-state index contributed by atoms with van der Waals surface area (Å²) < 4.78 is 0. The number of aryl methyl sites for hydroxylation is 1. The molecular weight excluding hydrogens is 218 g/mol. The summed E-state index contributed by atoms with van der Waals surface area (Å²) in [5.74, 6) is 0. The zero-order chi connectivity index (χ0) is 12.8. The van der Waals surface area contributed by atoms with Crippen LogP contribution in [0, 0.1) is 0 Å². The van der Waals surface area contributed by atoms with E-state index in [0.29, 0.717) is 0 Å². The maximum absolute atomic E-state index is 4.14. The summed E-state index contributed by atoms with van der Waals surface area (Å²) in [6.07, 6.45) is 8.29. The highest BCUT2D eigenvalue weighted by Gasteiger charge is 2.14. The van der Waals surface area contributed by atoms with Gasteiger partial charge in [-0.3, -0.25) is 4.98 Å². The van der Waals surface area contributed by atoms with Crippen LogP contribution in [0.4, 0.5) is 0 Å². The molecule has 1 nitrogen and oxygen atoms in total. The SMILES string of the molecule is C(=C1CCc2ccccc21)c1cccnc1.CC. The molecule has 3 rings (SSSR count). The first-order valence-electron chi connectivity index (χ1n) is 6.62. The molecule has 0 atom stereocenters. The Morgan fingerprint density at radius 2 is 1.83 bits per heavy atom. The first-order valence-corrected chi connectivity index (χ1v) is 6.62. The standard InChI is InChI=1S/C15H13N.C2H6/c1-2-6-15-13(5-1)7-8-14(15)10-12-4-3-9-16-11-12;1-2/h1-6,9-11H,7-8H2;1-2H3. The zero-order valence-electron chi connectivity index (χ0n) is 11.1. The summed E-state index contributed by atoms with van der Waals surface area (Å²) in [6.45, 7) is 4.00. The van der Waals surface area contributed by atoms with Crippen molar-refractivity contribution in [2.75, 3.05) is 0 Å². The van der Waals surface area contributed by atoms with Gasteiger partial charge >= 0.3 is 0 Å². The third kappa shape index (κ3) is 2.67. The molecule has 18 heavy (non-hydrogen) atoms. The van der Waals surface area contributed by atoms with Crippen LogP contribution in [0.5, 0.6) is 0 Å². The van der Waals surface area contributed by atoms with Crippen LogP contribution in [-0.4, -0.2) is 4.98 Å². The topological polar surface area (TPSA) is 12.9 Å². The molecule has 0 saturated heterocycles. The summed E-state index contributed by atoms with van der Waals surface area (Å²) >= 11 is 0. The van der Waals surface area contributed by atoms with Crippen LogP contribution in [0.2, 0.25) is 0 Å². The van der Waals surface area contributed by atoms with E-state index in [9.17, 15) is 0 Å². The Balaban J connectivity index is 0.000000574. The van der Waals surface area contributed by atoms with Gasteiger partial charge in [-0.1, -0.05) is 44.2 Å². The largest absolute Gasteiger partial charge is 0.264 e. The zero-order valence-corrected chi connectivity index (χ0v) is 11.1. The average Bonchev–Trinajstić information content (AvgIpc) is 2.86. The molecular formula is C17H19N. The van der Waals surface area contributed by atoms with Gasteiger partial charge in [-0.05, 0) is 47.2 Å². The molecule has 0 fully saturated rings. The summed E-state index contributed by atoms with van der Waals surface area (Å²) in [6, 6.07) is 12.7. The number of hydrogen-bond acceptors (Lipinski definition) is 1. The molecule has 0 bridgehead atoms. The quantitative estimate of drug-likeness (QED) is 0.706. The molecule has 1 heteroatoms. The number of nitrogens with zero attached hydrogens (tertiary/aromatic N) is 1. The number of fused-ring (bicyclic) bond motifs is 1. The first-order chi connectivity index (χ1) is 8.93. The van der Waals surface area contributed by atoms with E-state index in [-0.39, 0.29) is 0 Å². The van der Waals surface area contributed by atoms with Crippen molar-refractivity contribution in [2.24, 2.45) is 0 Å². The Kier molecular flexibility index (Phi) is 4.30. The van der Waals surface area contributed by atoms with Gasteiger partial charge in [-0.15, -0.1) is 0 Å². The van der Waals surface area contributed by atoms with Crippen LogP contribution in [0.25, 0.3) is 11.6 Å². The van der Waals surface area contributed by atoms with Crippen LogP contribution in [0.15, 0.2) is 48.8 Å². The van der Waals surface area contributed by atoms with Crippen LogP contribution in [0.1, 0.15) is 37.0 Å². The monoisotopic (exact) mass is 237 g/mol. The molecule has 0 unspecified atom stereocenters. The smallest absolute Gasteiger partial charge is 0.0340 e.